The van der Waals surface area contributed by atoms with Crippen LogP contribution in [0.25, 0.3) is 0 Å². The average Bonchev–Trinajstić information content (AvgIpc) is 2.38. The second kappa shape index (κ2) is 5.77. The minimum Gasteiger partial charge on any atom is -0.317 e. The van der Waals surface area contributed by atoms with E-state index in [1.54, 1.807) is 12.1 Å². The van der Waals surface area contributed by atoms with E-state index in [9.17, 15) is 8.42 Å². The van der Waals surface area contributed by atoms with E-state index >= 15 is 0 Å². The lowest BCUT2D eigenvalue weighted by atomic mass is 9.99. The highest BCUT2D eigenvalue weighted by Crippen LogP contribution is 2.12. The number of pyridine rings is 1. The summed E-state index contributed by atoms with van der Waals surface area (Å²) in [6.45, 7) is 4.29. The summed E-state index contributed by atoms with van der Waals surface area (Å²) >= 11 is 0. The van der Waals surface area contributed by atoms with Crippen molar-refractivity contribution in [2.24, 2.45) is 5.92 Å². The van der Waals surface area contributed by atoms with E-state index in [4.69, 9.17) is 0 Å². The molecular weight excluding hydrogens is 250 g/mol. The lowest BCUT2D eigenvalue weighted by molar-refractivity contribution is 0.372. The molecule has 0 bridgehead atoms. The minimum atomic E-state index is -3.46. The molecule has 2 N–H and O–H groups in total. The Hall–Kier alpha value is -0.980. The highest BCUT2D eigenvalue weighted by Gasteiger charge is 2.19. The summed E-state index contributed by atoms with van der Waals surface area (Å²) in [6.07, 6.45) is 3.56. The molecule has 0 aliphatic carbocycles. The standard InChI is InChI=1S/C12H19N3O2S/c1-10-2-7-14-12(8-10)18(16,17)15-9-11-3-5-13-6-4-11/h2,7-8,11,13,15H,3-6,9H2,1H3. The third-order valence-electron chi connectivity index (χ3n) is 3.19. The first-order valence-electron chi connectivity index (χ1n) is 6.21. The van der Waals surface area contributed by atoms with Crippen LogP contribution in [0.2, 0.25) is 0 Å². The third kappa shape index (κ3) is 3.51. The van der Waals surface area contributed by atoms with E-state index in [1.807, 2.05) is 6.92 Å². The van der Waals surface area contributed by atoms with Crippen LogP contribution < -0.4 is 10.0 Å². The minimum absolute atomic E-state index is 0.108. The van der Waals surface area contributed by atoms with Crippen molar-refractivity contribution in [1.82, 2.24) is 15.0 Å². The summed E-state index contributed by atoms with van der Waals surface area (Å²) in [6, 6.07) is 3.37. The summed E-state index contributed by atoms with van der Waals surface area (Å²) in [7, 11) is -3.46. The number of sulfonamides is 1. The number of hydrogen-bond acceptors (Lipinski definition) is 4. The fourth-order valence-electron chi connectivity index (χ4n) is 2.04. The molecule has 0 atom stereocenters. The molecule has 18 heavy (non-hydrogen) atoms. The van der Waals surface area contributed by atoms with Gasteiger partial charge in [0.15, 0.2) is 5.03 Å². The van der Waals surface area contributed by atoms with E-state index in [0.717, 1.165) is 31.5 Å². The molecule has 1 saturated heterocycles. The zero-order valence-corrected chi connectivity index (χ0v) is 11.3. The molecule has 6 heteroatoms. The van der Waals surface area contributed by atoms with Crippen LogP contribution in [0.3, 0.4) is 0 Å². The van der Waals surface area contributed by atoms with Gasteiger partial charge in [0, 0.05) is 12.7 Å². The van der Waals surface area contributed by atoms with E-state index < -0.39 is 10.0 Å². The van der Waals surface area contributed by atoms with E-state index in [-0.39, 0.29) is 5.03 Å². The fraction of sp³-hybridized carbons (Fsp3) is 0.583. The monoisotopic (exact) mass is 269 g/mol. The smallest absolute Gasteiger partial charge is 0.258 e. The highest BCUT2D eigenvalue weighted by molar-refractivity contribution is 7.89. The number of aromatic nitrogens is 1. The summed E-state index contributed by atoms with van der Waals surface area (Å²) in [5.41, 5.74) is 0.896. The molecule has 1 aliphatic heterocycles. The molecule has 1 fully saturated rings. The van der Waals surface area contributed by atoms with Crippen molar-refractivity contribution in [2.45, 2.75) is 24.8 Å². The molecule has 100 valence electrons. The zero-order chi connectivity index (χ0) is 13.0. The van der Waals surface area contributed by atoms with Gasteiger partial charge in [0.2, 0.25) is 0 Å². The van der Waals surface area contributed by atoms with Gasteiger partial charge in [-0.05, 0) is 56.5 Å². The summed E-state index contributed by atoms with van der Waals surface area (Å²) < 4.78 is 26.7. The van der Waals surface area contributed by atoms with Gasteiger partial charge in [-0.1, -0.05) is 0 Å². The average molecular weight is 269 g/mol. The van der Waals surface area contributed by atoms with Crippen molar-refractivity contribution in [3.05, 3.63) is 23.9 Å². The molecule has 1 aliphatic rings. The van der Waals surface area contributed by atoms with Gasteiger partial charge in [-0.3, -0.25) is 0 Å². The zero-order valence-electron chi connectivity index (χ0n) is 10.5. The Morgan fingerprint density at radius 3 is 2.83 bits per heavy atom. The lowest BCUT2D eigenvalue weighted by Gasteiger charge is -2.22. The topological polar surface area (TPSA) is 71.1 Å². The molecule has 1 aromatic rings. The van der Waals surface area contributed by atoms with Crippen LogP contribution in [0.5, 0.6) is 0 Å². The largest absolute Gasteiger partial charge is 0.317 e. The second-order valence-corrected chi connectivity index (χ2v) is 6.43. The third-order valence-corrected chi connectivity index (χ3v) is 4.51. The van der Waals surface area contributed by atoms with Crippen LogP contribution in [-0.4, -0.2) is 33.0 Å². The fourth-order valence-corrected chi connectivity index (χ4v) is 3.19. The molecule has 2 rings (SSSR count). The molecule has 2 heterocycles. The molecule has 1 aromatic heterocycles. The molecule has 0 aromatic carbocycles. The van der Waals surface area contributed by atoms with Gasteiger partial charge in [0.25, 0.3) is 10.0 Å². The van der Waals surface area contributed by atoms with Crippen molar-refractivity contribution in [1.29, 1.82) is 0 Å². The van der Waals surface area contributed by atoms with Gasteiger partial charge in [-0.15, -0.1) is 0 Å². The number of nitrogens with one attached hydrogen (secondary N) is 2. The molecule has 0 spiro atoms. The van der Waals surface area contributed by atoms with Gasteiger partial charge in [-0.2, -0.15) is 0 Å². The number of rotatable bonds is 4. The number of aryl methyl sites for hydroxylation is 1. The predicted octanol–water partition coefficient (Wildman–Crippen LogP) is 0.668. The predicted molar refractivity (Wildman–Crippen MR) is 69.8 cm³/mol. The molecule has 5 nitrogen and oxygen atoms in total. The van der Waals surface area contributed by atoms with Crippen LogP contribution in [0.4, 0.5) is 0 Å². The Morgan fingerprint density at radius 1 is 1.44 bits per heavy atom. The second-order valence-electron chi connectivity index (χ2n) is 4.72. The summed E-state index contributed by atoms with van der Waals surface area (Å²) in [5.74, 6) is 0.422. The maximum absolute atomic E-state index is 12.0. The van der Waals surface area contributed by atoms with Crippen LogP contribution in [0.15, 0.2) is 23.4 Å². The van der Waals surface area contributed by atoms with Gasteiger partial charge in [0.1, 0.15) is 0 Å². The van der Waals surface area contributed by atoms with Crippen LogP contribution in [0, 0.1) is 12.8 Å². The molecule has 0 saturated carbocycles. The Labute approximate surface area is 108 Å². The normalized spacial score (nSPS) is 17.8. The van der Waals surface area contributed by atoms with E-state index in [2.05, 4.69) is 15.0 Å². The number of hydrogen-bond donors (Lipinski definition) is 2. The Balaban J connectivity index is 1.98. The molecule has 0 unspecified atom stereocenters. The van der Waals surface area contributed by atoms with Gasteiger partial charge < -0.3 is 5.32 Å². The SMILES string of the molecule is Cc1ccnc(S(=O)(=O)NCC2CCNCC2)c1. The van der Waals surface area contributed by atoms with Crippen molar-refractivity contribution in [3.63, 3.8) is 0 Å². The Morgan fingerprint density at radius 2 is 2.17 bits per heavy atom. The van der Waals surface area contributed by atoms with Gasteiger partial charge in [-0.25, -0.2) is 18.1 Å². The van der Waals surface area contributed by atoms with E-state index in [0.29, 0.717) is 12.5 Å². The van der Waals surface area contributed by atoms with Gasteiger partial charge in [0.05, 0.1) is 0 Å². The lowest BCUT2D eigenvalue weighted by Crippen LogP contribution is -2.36. The molecular formula is C12H19N3O2S. The van der Waals surface area contributed by atoms with Gasteiger partial charge >= 0.3 is 0 Å². The van der Waals surface area contributed by atoms with E-state index in [1.165, 1.54) is 6.20 Å². The number of nitrogens with zero attached hydrogens (tertiary/aromatic N) is 1. The van der Waals surface area contributed by atoms with Crippen LogP contribution >= 0.6 is 0 Å². The molecule has 0 radical (unpaired) electrons. The first kappa shape index (κ1) is 13.5. The van der Waals surface area contributed by atoms with Crippen molar-refractivity contribution >= 4 is 10.0 Å². The molecule has 0 amide bonds. The Bertz CT molecular complexity index is 496. The van der Waals surface area contributed by atoms with Crippen LogP contribution in [-0.2, 0) is 10.0 Å². The summed E-state index contributed by atoms with van der Waals surface area (Å²) in [5, 5.41) is 3.37. The van der Waals surface area contributed by atoms with Crippen LogP contribution in [0.1, 0.15) is 18.4 Å². The Kier molecular flexibility index (Phi) is 4.31. The first-order valence-corrected chi connectivity index (χ1v) is 7.69. The first-order chi connectivity index (χ1) is 8.58. The van der Waals surface area contributed by atoms with Crippen molar-refractivity contribution in [3.8, 4) is 0 Å². The van der Waals surface area contributed by atoms with Crippen molar-refractivity contribution < 1.29 is 8.42 Å². The van der Waals surface area contributed by atoms with Crippen molar-refractivity contribution in [2.75, 3.05) is 19.6 Å². The maximum atomic E-state index is 12.0. The quantitative estimate of drug-likeness (QED) is 0.842. The highest BCUT2D eigenvalue weighted by atomic mass is 32.2. The summed E-state index contributed by atoms with van der Waals surface area (Å²) in [4.78, 5) is 3.91. The maximum Gasteiger partial charge on any atom is 0.258 e. The number of piperidine rings is 1.